The van der Waals surface area contributed by atoms with Gasteiger partial charge in [-0.2, -0.15) is 11.3 Å². The summed E-state index contributed by atoms with van der Waals surface area (Å²) in [4.78, 5) is 41.4. The zero-order valence-corrected chi connectivity index (χ0v) is 27.6. The molecule has 1 saturated carbocycles. The van der Waals surface area contributed by atoms with E-state index in [2.05, 4.69) is 32.7 Å². The first-order chi connectivity index (χ1) is 20.1. The number of amides is 2. The number of rotatable bonds is 10. The van der Waals surface area contributed by atoms with Gasteiger partial charge in [0.1, 0.15) is 5.60 Å². The maximum atomic E-state index is 13.6. The van der Waals surface area contributed by atoms with Crippen LogP contribution in [0.15, 0.2) is 45.6 Å². The van der Waals surface area contributed by atoms with Crippen LogP contribution in [0.2, 0.25) is 0 Å². The molecule has 2 aromatic heterocycles. The molecule has 1 N–H and O–H groups in total. The maximum Gasteiger partial charge on any atom is 0.351 e. The van der Waals surface area contributed by atoms with E-state index in [1.54, 1.807) is 32.1 Å². The summed E-state index contributed by atoms with van der Waals surface area (Å²) in [5.74, 6) is -0.905. The number of methoxy groups -OCH3 is 1. The second-order valence-electron chi connectivity index (χ2n) is 11.1. The Bertz CT molecular complexity index is 1380. The maximum absolute atomic E-state index is 13.6. The normalized spacial score (nSPS) is 13.8. The van der Waals surface area contributed by atoms with Crippen LogP contribution in [0.5, 0.6) is 5.75 Å². The van der Waals surface area contributed by atoms with Crippen molar-refractivity contribution >= 4 is 62.3 Å². The number of hydrogen-bond donors (Lipinski definition) is 1. The smallest absolute Gasteiger partial charge is 0.351 e. The summed E-state index contributed by atoms with van der Waals surface area (Å²) in [7, 11) is 1.30. The number of anilines is 1. The highest BCUT2D eigenvalue weighted by atomic mass is 79.9. The van der Waals surface area contributed by atoms with Gasteiger partial charge in [-0.1, -0.05) is 31.4 Å². The lowest BCUT2D eigenvalue weighted by atomic mass is 9.94. The van der Waals surface area contributed by atoms with E-state index in [-0.39, 0.29) is 29.3 Å². The largest absolute Gasteiger partial charge is 0.479 e. The van der Waals surface area contributed by atoms with E-state index in [1.165, 1.54) is 30.4 Å². The van der Waals surface area contributed by atoms with Gasteiger partial charge in [-0.15, -0.1) is 11.3 Å². The second-order valence-corrected chi connectivity index (χ2v) is 13.7. The molecule has 42 heavy (non-hydrogen) atoms. The molecule has 3 aromatic rings. The number of benzene rings is 1. The van der Waals surface area contributed by atoms with Gasteiger partial charge in [0.25, 0.3) is 0 Å². The molecule has 0 saturated heterocycles. The third-order valence-corrected chi connectivity index (χ3v) is 9.70. The van der Waals surface area contributed by atoms with Crippen LogP contribution in [0, 0.1) is 0 Å². The monoisotopic (exact) mass is 676 g/mol. The number of nitrogens with one attached hydrogen (secondary N) is 1. The summed E-state index contributed by atoms with van der Waals surface area (Å²) in [6, 6.07) is 9.79. The Morgan fingerprint density at radius 2 is 1.88 bits per heavy atom. The van der Waals surface area contributed by atoms with Crippen molar-refractivity contribution in [2.24, 2.45) is 0 Å². The zero-order chi connectivity index (χ0) is 30.3. The van der Waals surface area contributed by atoms with Crippen LogP contribution >= 0.6 is 38.6 Å². The summed E-state index contributed by atoms with van der Waals surface area (Å²) in [5.41, 5.74) is 2.13. The molecule has 8 nitrogen and oxygen atoms in total. The minimum atomic E-state index is -0.663. The molecule has 1 fully saturated rings. The van der Waals surface area contributed by atoms with E-state index >= 15 is 0 Å². The van der Waals surface area contributed by atoms with E-state index < -0.39 is 17.5 Å². The molecule has 0 atom stereocenters. The fourth-order valence-corrected chi connectivity index (χ4v) is 7.57. The average Bonchev–Trinajstić information content (AvgIpc) is 3.59. The summed E-state index contributed by atoms with van der Waals surface area (Å²) in [5, 5.41) is 7.27. The molecule has 0 bridgehead atoms. The van der Waals surface area contributed by atoms with Crippen LogP contribution in [0.25, 0.3) is 10.4 Å². The zero-order valence-electron chi connectivity index (χ0n) is 24.4. The number of halogens is 1. The third-order valence-electron chi connectivity index (χ3n) is 6.75. The Morgan fingerprint density at radius 1 is 1.12 bits per heavy atom. The predicted molar refractivity (Wildman–Crippen MR) is 171 cm³/mol. The van der Waals surface area contributed by atoms with Gasteiger partial charge in [-0.25, -0.2) is 14.4 Å². The molecule has 1 aliphatic rings. The van der Waals surface area contributed by atoms with E-state index in [1.807, 2.05) is 34.5 Å². The molecule has 0 spiro atoms. The Labute approximate surface area is 263 Å². The van der Waals surface area contributed by atoms with Crippen molar-refractivity contribution in [3.63, 3.8) is 0 Å². The summed E-state index contributed by atoms with van der Waals surface area (Å²) < 4.78 is 16.7. The quantitative estimate of drug-likeness (QED) is 0.220. The Kier molecular flexibility index (Phi) is 11.1. The third kappa shape index (κ3) is 8.35. The number of hydrogen-bond acceptors (Lipinski definition) is 8. The van der Waals surface area contributed by atoms with E-state index in [9.17, 15) is 14.4 Å². The molecular weight excluding hydrogens is 640 g/mol. The topological polar surface area (TPSA) is 94.2 Å². The highest BCUT2D eigenvalue weighted by molar-refractivity contribution is 9.10. The number of ether oxygens (including phenoxy) is 3. The lowest BCUT2D eigenvalue weighted by Crippen LogP contribution is -2.47. The molecule has 1 aromatic carbocycles. The molecule has 226 valence electrons. The number of nitrogens with zero attached hydrogens (tertiary/aromatic N) is 1. The molecule has 0 unspecified atom stereocenters. The molecule has 2 amide bonds. The second kappa shape index (κ2) is 14.5. The van der Waals surface area contributed by atoms with Crippen LogP contribution in [0.3, 0.4) is 0 Å². The van der Waals surface area contributed by atoms with Crippen LogP contribution in [-0.4, -0.2) is 49.9 Å². The van der Waals surface area contributed by atoms with Gasteiger partial charge in [0.15, 0.2) is 17.2 Å². The average molecular weight is 678 g/mol. The molecule has 0 radical (unpaired) electrons. The number of carbonyl (C=O) groups is 3. The lowest BCUT2D eigenvalue weighted by molar-refractivity contribution is -0.157. The summed E-state index contributed by atoms with van der Waals surface area (Å²) in [6.45, 7) is 5.51. The summed E-state index contributed by atoms with van der Waals surface area (Å²) in [6.07, 6.45) is 6.01. The van der Waals surface area contributed by atoms with Gasteiger partial charge in [0.2, 0.25) is 0 Å². The molecule has 0 aliphatic heterocycles. The van der Waals surface area contributed by atoms with Crippen molar-refractivity contribution in [2.75, 3.05) is 25.2 Å². The van der Waals surface area contributed by atoms with Crippen molar-refractivity contribution in [2.45, 2.75) is 70.9 Å². The van der Waals surface area contributed by atoms with Crippen LogP contribution < -0.4 is 15.0 Å². The number of carbonyl (C=O) groups excluding carboxylic acids is 3. The highest BCUT2D eigenvalue weighted by Crippen LogP contribution is 2.46. The Hall–Kier alpha value is -2.89. The van der Waals surface area contributed by atoms with Gasteiger partial charge in [-0.3, -0.25) is 4.90 Å². The fraction of sp³-hybridized carbons (Fsp3) is 0.452. The Balaban J connectivity index is 1.61. The predicted octanol–water partition coefficient (Wildman–Crippen LogP) is 7.84. The van der Waals surface area contributed by atoms with Gasteiger partial charge >= 0.3 is 18.0 Å². The van der Waals surface area contributed by atoms with Crippen LogP contribution in [0.1, 0.15) is 68.1 Å². The standard InChI is InChI=1S/C31H37BrN2O6S2/c1-31(2,3)40-24(35)18-39-26-25(32)27(42-28(26)29(36)38-4)21-9-8-12-23(17-21)34(22-10-6-5-7-11-22)30(37)33-15-13-20-14-16-41-19-20/h8-9,12,14,16-17,19,22H,5-7,10-11,13,15,18H2,1-4H3,(H,33,37). The number of esters is 2. The van der Waals surface area contributed by atoms with Crippen LogP contribution in [-0.2, 0) is 20.7 Å². The first-order valence-corrected chi connectivity index (χ1v) is 16.6. The molecular formula is C31H37BrN2O6S2. The van der Waals surface area contributed by atoms with Gasteiger partial charge in [-0.05, 0) is 96.0 Å². The lowest BCUT2D eigenvalue weighted by Gasteiger charge is -2.34. The Morgan fingerprint density at radius 3 is 2.55 bits per heavy atom. The van der Waals surface area contributed by atoms with Crippen LogP contribution in [0.4, 0.5) is 10.5 Å². The van der Waals surface area contributed by atoms with Gasteiger partial charge in [0, 0.05) is 18.3 Å². The van der Waals surface area contributed by atoms with Crippen molar-refractivity contribution < 1.29 is 28.6 Å². The molecule has 4 rings (SSSR count). The SMILES string of the molecule is COC(=O)c1sc(-c2cccc(N(C(=O)NCCc3ccsc3)C3CCCCC3)c2)c(Br)c1OCC(=O)OC(C)(C)C. The molecule has 2 heterocycles. The van der Waals surface area contributed by atoms with Crippen molar-refractivity contribution in [1.29, 1.82) is 0 Å². The molecule has 1 aliphatic carbocycles. The minimum absolute atomic E-state index is 0.0975. The first kappa shape index (κ1) is 32.0. The van der Waals surface area contributed by atoms with Crippen molar-refractivity contribution in [3.05, 3.63) is 56.0 Å². The summed E-state index contributed by atoms with van der Waals surface area (Å²) >= 11 is 6.45. The first-order valence-electron chi connectivity index (χ1n) is 14.0. The van der Waals surface area contributed by atoms with E-state index in [0.29, 0.717) is 11.0 Å². The van der Waals surface area contributed by atoms with Crippen molar-refractivity contribution in [1.82, 2.24) is 5.32 Å². The van der Waals surface area contributed by atoms with E-state index in [4.69, 9.17) is 14.2 Å². The number of thiophene rings is 2. The van der Waals surface area contributed by atoms with E-state index in [0.717, 1.165) is 48.2 Å². The minimum Gasteiger partial charge on any atom is -0.479 e. The highest BCUT2D eigenvalue weighted by Gasteiger charge is 2.29. The molecule has 11 heteroatoms. The fourth-order valence-electron chi connectivity index (χ4n) is 4.90. The number of urea groups is 1. The van der Waals surface area contributed by atoms with Gasteiger partial charge < -0.3 is 19.5 Å². The van der Waals surface area contributed by atoms with Gasteiger partial charge in [0.05, 0.1) is 16.5 Å². The van der Waals surface area contributed by atoms with Crippen molar-refractivity contribution in [3.8, 4) is 16.2 Å².